The number of ketones is 1. The second-order valence-electron chi connectivity index (χ2n) is 8.50. The van der Waals surface area contributed by atoms with Crippen molar-refractivity contribution in [3.05, 3.63) is 77.0 Å². The molecule has 0 aromatic heterocycles. The van der Waals surface area contributed by atoms with Gasteiger partial charge >= 0.3 is 0 Å². The summed E-state index contributed by atoms with van der Waals surface area (Å²) in [6, 6.07) is 16.2. The molecule has 4 rings (SSSR count). The molecule has 4 heteroatoms. The minimum Gasteiger partial charge on any atom is -0.493 e. The minimum absolute atomic E-state index is 0.0514. The van der Waals surface area contributed by atoms with Crippen LogP contribution in [0, 0.1) is 5.41 Å². The molecule has 150 valence electrons. The predicted octanol–water partition coefficient (Wildman–Crippen LogP) is 5.07. The fraction of sp³-hybridized carbons (Fsp3) is 0.320. The Morgan fingerprint density at radius 2 is 1.69 bits per heavy atom. The zero-order valence-electron chi connectivity index (χ0n) is 17.4. The molecule has 1 unspecified atom stereocenters. The van der Waals surface area contributed by atoms with Gasteiger partial charge in [-0.05, 0) is 41.2 Å². The molecule has 29 heavy (non-hydrogen) atoms. The number of methoxy groups -OCH3 is 2. The standard InChI is InChI=1S/C25H27NO3/c1-25(2)14-20-24(21(27)15-25)18(13-19(26-20)16-8-6-5-7-9-16)17-10-11-22(28-3)23(12-17)29-4/h5-13,18,26H,14-15H2,1-4H3. The summed E-state index contributed by atoms with van der Waals surface area (Å²) in [6.45, 7) is 4.31. The Bertz CT molecular complexity index is 1000. The van der Waals surface area contributed by atoms with Crippen LogP contribution < -0.4 is 14.8 Å². The molecule has 1 atom stereocenters. The Hall–Kier alpha value is -3.01. The molecule has 0 fully saturated rings. The molecular weight excluding hydrogens is 362 g/mol. The first-order valence-corrected chi connectivity index (χ1v) is 9.94. The maximum atomic E-state index is 13.2. The summed E-state index contributed by atoms with van der Waals surface area (Å²) < 4.78 is 10.9. The van der Waals surface area contributed by atoms with Crippen molar-refractivity contribution < 1.29 is 14.3 Å². The monoisotopic (exact) mass is 389 g/mol. The molecular formula is C25H27NO3. The third-order valence-electron chi connectivity index (χ3n) is 5.70. The molecule has 1 N–H and O–H groups in total. The molecule has 4 nitrogen and oxygen atoms in total. The fourth-order valence-corrected chi connectivity index (χ4v) is 4.36. The van der Waals surface area contributed by atoms with Crippen LogP contribution in [0.5, 0.6) is 11.5 Å². The number of carbonyl (C=O) groups is 1. The number of nitrogens with one attached hydrogen (secondary N) is 1. The van der Waals surface area contributed by atoms with E-state index in [2.05, 4.69) is 37.4 Å². The first kappa shape index (κ1) is 19.3. The number of rotatable bonds is 4. The van der Waals surface area contributed by atoms with E-state index in [-0.39, 0.29) is 17.1 Å². The maximum Gasteiger partial charge on any atom is 0.162 e. The summed E-state index contributed by atoms with van der Waals surface area (Å²) in [7, 11) is 3.26. The van der Waals surface area contributed by atoms with Crippen molar-refractivity contribution in [1.82, 2.24) is 5.32 Å². The summed E-state index contributed by atoms with van der Waals surface area (Å²) in [4.78, 5) is 13.2. The molecule has 0 saturated carbocycles. The van der Waals surface area contributed by atoms with E-state index >= 15 is 0 Å². The SMILES string of the molecule is COc1ccc(C2C=C(c3ccccc3)NC3=C2C(=O)CC(C)(C)C3)cc1OC. The van der Waals surface area contributed by atoms with Gasteiger partial charge in [0, 0.05) is 29.3 Å². The third-order valence-corrected chi connectivity index (χ3v) is 5.70. The lowest BCUT2D eigenvalue weighted by molar-refractivity contribution is -0.118. The Balaban J connectivity index is 1.85. The summed E-state index contributed by atoms with van der Waals surface area (Å²) in [5.74, 6) is 1.45. The van der Waals surface area contributed by atoms with Gasteiger partial charge in [-0.25, -0.2) is 0 Å². The average Bonchev–Trinajstić information content (AvgIpc) is 2.72. The van der Waals surface area contributed by atoms with Crippen LogP contribution in [0.25, 0.3) is 5.70 Å². The molecule has 0 spiro atoms. The van der Waals surface area contributed by atoms with Crippen molar-refractivity contribution >= 4 is 11.5 Å². The minimum atomic E-state index is -0.120. The van der Waals surface area contributed by atoms with Crippen LogP contribution in [0.4, 0.5) is 0 Å². The second-order valence-corrected chi connectivity index (χ2v) is 8.50. The van der Waals surface area contributed by atoms with Gasteiger partial charge in [0.25, 0.3) is 0 Å². The van der Waals surface area contributed by atoms with Crippen LogP contribution in [0.3, 0.4) is 0 Å². The lowest BCUT2D eigenvalue weighted by Crippen LogP contribution is -2.35. The van der Waals surface area contributed by atoms with Gasteiger partial charge in [-0.3, -0.25) is 4.79 Å². The van der Waals surface area contributed by atoms with Gasteiger partial charge in [-0.2, -0.15) is 0 Å². The third kappa shape index (κ3) is 3.67. The molecule has 0 bridgehead atoms. The Labute approximate surface area is 172 Å². The van der Waals surface area contributed by atoms with Crippen molar-refractivity contribution in [1.29, 1.82) is 0 Å². The summed E-state index contributed by atoms with van der Waals surface area (Å²) >= 11 is 0. The number of ether oxygens (including phenoxy) is 2. The molecule has 0 radical (unpaired) electrons. The largest absolute Gasteiger partial charge is 0.493 e. The molecule has 0 amide bonds. The lowest BCUT2D eigenvalue weighted by Gasteiger charge is -2.38. The zero-order valence-corrected chi connectivity index (χ0v) is 17.4. The highest BCUT2D eigenvalue weighted by Crippen LogP contribution is 2.45. The van der Waals surface area contributed by atoms with Crippen LogP contribution >= 0.6 is 0 Å². The van der Waals surface area contributed by atoms with Gasteiger partial charge in [0.1, 0.15) is 0 Å². The number of dihydropyridines is 1. The summed E-state index contributed by atoms with van der Waals surface area (Å²) in [5, 5.41) is 3.57. The normalized spacial score (nSPS) is 20.5. The van der Waals surface area contributed by atoms with Gasteiger partial charge in [-0.1, -0.05) is 50.2 Å². The van der Waals surface area contributed by atoms with Crippen LogP contribution in [0.15, 0.2) is 65.9 Å². The van der Waals surface area contributed by atoms with Gasteiger partial charge in [0.15, 0.2) is 17.3 Å². The first-order chi connectivity index (χ1) is 13.9. The number of allylic oxidation sites excluding steroid dienone is 3. The van der Waals surface area contributed by atoms with Gasteiger partial charge < -0.3 is 14.8 Å². The van der Waals surface area contributed by atoms with Crippen LogP contribution in [0.2, 0.25) is 0 Å². The Morgan fingerprint density at radius 3 is 2.38 bits per heavy atom. The Kier molecular flexibility index (Phi) is 4.95. The van der Waals surface area contributed by atoms with E-state index in [9.17, 15) is 4.79 Å². The zero-order chi connectivity index (χ0) is 20.6. The van der Waals surface area contributed by atoms with Crippen molar-refractivity contribution in [2.75, 3.05) is 14.2 Å². The first-order valence-electron chi connectivity index (χ1n) is 9.94. The average molecular weight is 389 g/mol. The number of benzene rings is 2. The number of hydrogen-bond donors (Lipinski definition) is 1. The highest BCUT2D eigenvalue weighted by atomic mass is 16.5. The van der Waals surface area contributed by atoms with E-state index in [0.29, 0.717) is 17.9 Å². The van der Waals surface area contributed by atoms with Crippen molar-refractivity contribution in [3.8, 4) is 11.5 Å². The highest BCUT2D eigenvalue weighted by Gasteiger charge is 2.38. The van der Waals surface area contributed by atoms with Crippen LogP contribution in [0.1, 0.15) is 43.7 Å². The molecule has 0 saturated heterocycles. The quantitative estimate of drug-likeness (QED) is 0.793. The topological polar surface area (TPSA) is 47.6 Å². The Morgan fingerprint density at radius 1 is 0.966 bits per heavy atom. The van der Waals surface area contributed by atoms with Crippen molar-refractivity contribution in [2.45, 2.75) is 32.6 Å². The van der Waals surface area contributed by atoms with Gasteiger partial charge in [0.05, 0.1) is 14.2 Å². The molecule has 2 aliphatic rings. The lowest BCUT2D eigenvalue weighted by atomic mass is 9.70. The predicted molar refractivity (Wildman–Crippen MR) is 115 cm³/mol. The summed E-state index contributed by atoms with van der Waals surface area (Å²) in [6.07, 6.45) is 3.57. The van der Waals surface area contributed by atoms with Crippen LogP contribution in [-0.4, -0.2) is 20.0 Å². The summed E-state index contributed by atoms with van der Waals surface area (Å²) in [5.41, 5.74) is 5.03. The van der Waals surface area contributed by atoms with E-state index in [4.69, 9.17) is 9.47 Å². The molecule has 1 aliphatic carbocycles. The van der Waals surface area contributed by atoms with Gasteiger partial charge in [0.2, 0.25) is 0 Å². The molecule has 2 aromatic carbocycles. The number of Topliss-reactive ketones (excluding diaryl/α,β-unsaturated/α-hetero) is 1. The van der Waals surface area contributed by atoms with E-state index < -0.39 is 0 Å². The van der Waals surface area contributed by atoms with E-state index in [1.54, 1.807) is 14.2 Å². The molecule has 1 aliphatic heterocycles. The number of carbonyl (C=O) groups excluding carboxylic acids is 1. The number of hydrogen-bond acceptors (Lipinski definition) is 4. The fourth-order valence-electron chi connectivity index (χ4n) is 4.36. The molecule has 1 heterocycles. The van der Waals surface area contributed by atoms with E-state index in [1.165, 1.54) is 0 Å². The van der Waals surface area contributed by atoms with Crippen LogP contribution in [-0.2, 0) is 4.79 Å². The maximum absolute atomic E-state index is 13.2. The van der Waals surface area contributed by atoms with E-state index in [1.807, 2.05) is 36.4 Å². The van der Waals surface area contributed by atoms with Crippen molar-refractivity contribution in [2.24, 2.45) is 5.41 Å². The van der Waals surface area contributed by atoms with E-state index in [0.717, 1.165) is 34.5 Å². The highest BCUT2D eigenvalue weighted by molar-refractivity contribution is 6.00. The smallest absolute Gasteiger partial charge is 0.162 e. The van der Waals surface area contributed by atoms with Crippen molar-refractivity contribution in [3.63, 3.8) is 0 Å². The molecule has 2 aromatic rings. The second kappa shape index (κ2) is 7.43. The van der Waals surface area contributed by atoms with Gasteiger partial charge in [-0.15, -0.1) is 0 Å².